The van der Waals surface area contributed by atoms with Gasteiger partial charge in [0, 0.05) is 23.3 Å². The zero-order valence-electron chi connectivity index (χ0n) is 9.90. The summed E-state index contributed by atoms with van der Waals surface area (Å²) in [5.74, 6) is 0. The summed E-state index contributed by atoms with van der Waals surface area (Å²) >= 11 is 0. The third-order valence-electron chi connectivity index (χ3n) is 3.47. The van der Waals surface area contributed by atoms with E-state index in [1.54, 1.807) is 0 Å². The first-order valence-corrected chi connectivity index (χ1v) is 5.83. The molecule has 0 unspecified atom stereocenters. The molecule has 2 aromatic rings. The normalized spacial score (nSPS) is 11.9. The highest BCUT2D eigenvalue weighted by Crippen LogP contribution is 2.30. The van der Waals surface area contributed by atoms with Crippen LogP contribution in [0.5, 0.6) is 0 Å². The van der Waals surface area contributed by atoms with Gasteiger partial charge in [0.25, 0.3) is 0 Å². The van der Waals surface area contributed by atoms with Crippen LogP contribution < -0.4 is 5.73 Å². The van der Waals surface area contributed by atoms with Crippen LogP contribution in [0.15, 0.2) is 36.7 Å². The van der Waals surface area contributed by atoms with Crippen LogP contribution >= 0.6 is 0 Å². The van der Waals surface area contributed by atoms with Gasteiger partial charge in [-0.05, 0) is 23.8 Å². The van der Waals surface area contributed by atoms with Gasteiger partial charge in [0.2, 0.25) is 0 Å². The molecular weight excluding hydrogens is 196 g/mol. The number of pyridine rings is 1. The van der Waals surface area contributed by atoms with Crippen LogP contribution in [0.3, 0.4) is 0 Å². The van der Waals surface area contributed by atoms with Crippen molar-refractivity contribution < 1.29 is 0 Å². The Morgan fingerprint density at radius 3 is 2.50 bits per heavy atom. The van der Waals surface area contributed by atoms with Gasteiger partial charge in [-0.1, -0.05) is 38.1 Å². The number of benzene rings is 1. The van der Waals surface area contributed by atoms with Gasteiger partial charge in [0.15, 0.2) is 0 Å². The smallest absolute Gasteiger partial charge is 0.0425 e. The summed E-state index contributed by atoms with van der Waals surface area (Å²) in [6.07, 6.45) is 5.66. The van der Waals surface area contributed by atoms with Crippen molar-refractivity contribution in [1.82, 2.24) is 4.98 Å². The molecule has 0 atom stereocenters. The Morgan fingerprint density at radius 1 is 1.12 bits per heavy atom. The van der Waals surface area contributed by atoms with Gasteiger partial charge in [-0.25, -0.2) is 0 Å². The van der Waals surface area contributed by atoms with E-state index >= 15 is 0 Å². The summed E-state index contributed by atoms with van der Waals surface area (Å²) in [5, 5.41) is 2.39. The summed E-state index contributed by atoms with van der Waals surface area (Å²) in [7, 11) is 0. The number of fused-ring (bicyclic) bond motifs is 1. The quantitative estimate of drug-likeness (QED) is 0.852. The molecule has 0 aliphatic carbocycles. The lowest BCUT2D eigenvalue weighted by molar-refractivity contribution is 0.415. The fourth-order valence-corrected chi connectivity index (χ4v) is 2.14. The van der Waals surface area contributed by atoms with Gasteiger partial charge in [-0.15, -0.1) is 0 Å². The maximum absolute atomic E-state index is 6.44. The van der Waals surface area contributed by atoms with Crippen molar-refractivity contribution in [3.8, 4) is 0 Å². The van der Waals surface area contributed by atoms with E-state index < -0.39 is 0 Å². The Labute approximate surface area is 96.5 Å². The van der Waals surface area contributed by atoms with Crippen LogP contribution in [0.2, 0.25) is 0 Å². The Hall–Kier alpha value is -1.41. The summed E-state index contributed by atoms with van der Waals surface area (Å²) < 4.78 is 0. The molecule has 0 fully saturated rings. The Balaban J connectivity index is 2.69. The molecule has 0 saturated heterocycles. The number of hydrogen-bond donors (Lipinski definition) is 1. The lowest BCUT2D eigenvalue weighted by Crippen LogP contribution is -2.35. The number of rotatable bonds is 3. The molecule has 0 amide bonds. The summed E-state index contributed by atoms with van der Waals surface area (Å²) in [5.41, 5.74) is 7.35. The van der Waals surface area contributed by atoms with Gasteiger partial charge in [0.1, 0.15) is 0 Å². The third-order valence-corrected chi connectivity index (χ3v) is 3.47. The minimum atomic E-state index is -0.256. The number of hydrogen-bond acceptors (Lipinski definition) is 2. The largest absolute Gasteiger partial charge is 0.321 e. The molecule has 0 aliphatic rings. The molecule has 0 saturated carbocycles. The third kappa shape index (κ3) is 1.69. The number of nitrogens with two attached hydrogens (primary N) is 1. The van der Waals surface area contributed by atoms with Crippen LogP contribution in [-0.2, 0) is 5.54 Å². The van der Waals surface area contributed by atoms with Crippen molar-refractivity contribution in [2.45, 2.75) is 32.2 Å². The van der Waals surface area contributed by atoms with E-state index in [1.807, 2.05) is 18.5 Å². The monoisotopic (exact) mass is 214 g/mol. The van der Waals surface area contributed by atoms with E-state index in [-0.39, 0.29) is 5.54 Å². The summed E-state index contributed by atoms with van der Waals surface area (Å²) in [6, 6.07) is 8.29. The highest BCUT2D eigenvalue weighted by atomic mass is 14.8. The van der Waals surface area contributed by atoms with Gasteiger partial charge in [0.05, 0.1) is 0 Å². The highest BCUT2D eigenvalue weighted by molar-refractivity contribution is 5.85. The van der Waals surface area contributed by atoms with E-state index in [4.69, 9.17) is 5.73 Å². The predicted molar refractivity (Wildman–Crippen MR) is 68.2 cm³/mol. The predicted octanol–water partition coefficient (Wildman–Crippen LogP) is 3.21. The summed E-state index contributed by atoms with van der Waals surface area (Å²) in [4.78, 5) is 4.29. The van der Waals surface area contributed by atoms with E-state index in [2.05, 4.69) is 37.0 Å². The molecule has 0 radical (unpaired) electrons. The van der Waals surface area contributed by atoms with Crippen molar-refractivity contribution in [3.63, 3.8) is 0 Å². The second kappa shape index (κ2) is 4.22. The second-order valence-electron chi connectivity index (χ2n) is 4.27. The van der Waals surface area contributed by atoms with E-state index in [9.17, 15) is 0 Å². The molecule has 2 heteroatoms. The van der Waals surface area contributed by atoms with E-state index in [1.165, 1.54) is 5.39 Å². The first-order chi connectivity index (χ1) is 7.71. The molecule has 16 heavy (non-hydrogen) atoms. The topological polar surface area (TPSA) is 38.9 Å². The summed E-state index contributed by atoms with van der Waals surface area (Å²) in [6.45, 7) is 4.26. The first kappa shape index (κ1) is 11.1. The molecule has 0 bridgehead atoms. The fraction of sp³-hybridized carbons (Fsp3) is 0.357. The zero-order valence-corrected chi connectivity index (χ0v) is 9.90. The van der Waals surface area contributed by atoms with Crippen LogP contribution in [0, 0.1) is 0 Å². The molecule has 2 nitrogen and oxygen atoms in total. The van der Waals surface area contributed by atoms with Crippen molar-refractivity contribution in [2.75, 3.05) is 0 Å². The molecule has 2 N–H and O–H groups in total. The van der Waals surface area contributed by atoms with Crippen molar-refractivity contribution in [3.05, 3.63) is 42.2 Å². The maximum Gasteiger partial charge on any atom is 0.0425 e. The van der Waals surface area contributed by atoms with Gasteiger partial charge in [-0.3, -0.25) is 4.98 Å². The minimum Gasteiger partial charge on any atom is -0.321 e. The molecular formula is C14H18N2. The molecule has 0 aliphatic heterocycles. The Kier molecular flexibility index (Phi) is 2.92. The standard InChI is InChI=1S/C14H18N2/c1-3-14(15,4-2)13-10-16-9-11-7-5-6-8-12(11)13/h5-10H,3-4,15H2,1-2H3. The molecule has 1 aromatic carbocycles. The van der Waals surface area contributed by atoms with Crippen molar-refractivity contribution in [2.24, 2.45) is 5.73 Å². The average Bonchev–Trinajstić information content (AvgIpc) is 2.37. The van der Waals surface area contributed by atoms with Crippen LogP contribution in [0.25, 0.3) is 10.8 Å². The maximum atomic E-state index is 6.44. The van der Waals surface area contributed by atoms with E-state index in [0.717, 1.165) is 23.8 Å². The molecule has 1 heterocycles. The first-order valence-electron chi connectivity index (χ1n) is 5.83. The van der Waals surface area contributed by atoms with Crippen LogP contribution in [0.1, 0.15) is 32.3 Å². The number of aromatic nitrogens is 1. The molecule has 1 aromatic heterocycles. The van der Waals surface area contributed by atoms with E-state index in [0.29, 0.717) is 0 Å². The molecule has 2 rings (SSSR count). The lowest BCUT2D eigenvalue weighted by atomic mass is 9.84. The molecule has 0 spiro atoms. The Morgan fingerprint density at radius 2 is 1.81 bits per heavy atom. The lowest BCUT2D eigenvalue weighted by Gasteiger charge is -2.28. The van der Waals surface area contributed by atoms with Gasteiger partial charge < -0.3 is 5.73 Å². The highest BCUT2D eigenvalue weighted by Gasteiger charge is 2.24. The fourth-order valence-electron chi connectivity index (χ4n) is 2.14. The second-order valence-corrected chi connectivity index (χ2v) is 4.27. The average molecular weight is 214 g/mol. The van der Waals surface area contributed by atoms with Crippen molar-refractivity contribution in [1.29, 1.82) is 0 Å². The van der Waals surface area contributed by atoms with Gasteiger partial charge >= 0.3 is 0 Å². The SMILES string of the molecule is CCC(N)(CC)c1cncc2ccccc12. The van der Waals surface area contributed by atoms with Crippen molar-refractivity contribution >= 4 is 10.8 Å². The zero-order chi connectivity index (χ0) is 11.6. The Bertz CT molecular complexity index is 482. The van der Waals surface area contributed by atoms with Crippen LogP contribution in [-0.4, -0.2) is 4.98 Å². The van der Waals surface area contributed by atoms with Crippen LogP contribution in [0.4, 0.5) is 0 Å². The van der Waals surface area contributed by atoms with Gasteiger partial charge in [-0.2, -0.15) is 0 Å². The molecule has 84 valence electrons. The minimum absolute atomic E-state index is 0.256. The number of nitrogens with zero attached hydrogens (tertiary/aromatic N) is 1.